The number of esters is 1. The van der Waals surface area contributed by atoms with Crippen LogP contribution in [0.3, 0.4) is 0 Å². The maximum absolute atomic E-state index is 11.0. The maximum Gasteiger partial charge on any atom is 0.330 e. The van der Waals surface area contributed by atoms with Gasteiger partial charge in [-0.15, -0.1) is 0 Å². The van der Waals surface area contributed by atoms with E-state index in [1.807, 2.05) is 0 Å². The molecule has 0 heterocycles. The molecule has 16 heavy (non-hydrogen) atoms. The summed E-state index contributed by atoms with van der Waals surface area (Å²) in [7, 11) is 0. The third-order valence-electron chi connectivity index (χ3n) is 3.46. The minimum absolute atomic E-state index is 0.280. The Morgan fingerprint density at radius 2 is 2.00 bits per heavy atom. The van der Waals surface area contributed by atoms with Gasteiger partial charge >= 0.3 is 5.97 Å². The van der Waals surface area contributed by atoms with Crippen molar-refractivity contribution < 1.29 is 9.53 Å². The van der Waals surface area contributed by atoms with Gasteiger partial charge in [-0.25, -0.2) is 4.79 Å². The number of ether oxygens (including phenoxy) is 1. The largest absolute Gasteiger partial charge is 0.462 e. The molecular weight excluding hydrogens is 200 g/mol. The van der Waals surface area contributed by atoms with Gasteiger partial charge in [0.2, 0.25) is 0 Å². The lowest BCUT2D eigenvalue weighted by Crippen LogP contribution is -2.13. The lowest BCUT2D eigenvalue weighted by molar-refractivity contribution is -0.139. The van der Waals surface area contributed by atoms with Crippen molar-refractivity contribution in [2.75, 3.05) is 6.61 Å². The van der Waals surface area contributed by atoms with Crippen LogP contribution in [0.15, 0.2) is 12.7 Å². The molecule has 92 valence electrons. The number of hydrogen-bond donors (Lipinski definition) is 0. The Hall–Kier alpha value is -0.790. The first-order valence-corrected chi connectivity index (χ1v) is 6.52. The Balaban J connectivity index is 2.06. The van der Waals surface area contributed by atoms with Crippen LogP contribution >= 0.6 is 0 Å². The van der Waals surface area contributed by atoms with E-state index in [-0.39, 0.29) is 5.97 Å². The van der Waals surface area contributed by atoms with Gasteiger partial charge in [0.1, 0.15) is 0 Å². The van der Waals surface area contributed by atoms with E-state index in [0.717, 1.165) is 0 Å². The highest BCUT2D eigenvalue weighted by Crippen LogP contribution is 2.50. The van der Waals surface area contributed by atoms with Crippen molar-refractivity contribution in [3.63, 3.8) is 0 Å². The molecule has 0 radical (unpaired) electrons. The fourth-order valence-corrected chi connectivity index (χ4v) is 2.03. The summed E-state index contributed by atoms with van der Waals surface area (Å²) in [6.45, 7) is 6.24. The van der Waals surface area contributed by atoms with Crippen LogP contribution in [0.2, 0.25) is 0 Å². The van der Waals surface area contributed by atoms with Crippen LogP contribution in [-0.4, -0.2) is 12.6 Å². The summed E-state index contributed by atoms with van der Waals surface area (Å²) < 4.78 is 5.14. The Morgan fingerprint density at radius 1 is 1.31 bits per heavy atom. The van der Waals surface area contributed by atoms with Crippen molar-refractivity contribution in [1.82, 2.24) is 0 Å². The molecule has 1 aliphatic rings. The second kappa shape index (κ2) is 6.72. The first-order valence-electron chi connectivity index (χ1n) is 6.52. The van der Waals surface area contributed by atoms with E-state index in [1.54, 1.807) is 0 Å². The van der Waals surface area contributed by atoms with E-state index < -0.39 is 0 Å². The minimum Gasteiger partial charge on any atom is -0.462 e. The predicted octanol–water partition coefficient (Wildman–Crippen LogP) is 3.86. The highest BCUT2D eigenvalue weighted by atomic mass is 16.5. The van der Waals surface area contributed by atoms with Crippen LogP contribution in [-0.2, 0) is 9.53 Å². The maximum atomic E-state index is 11.0. The molecule has 0 amide bonds. The van der Waals surface area contributed by atoms with Crippen molar-refractivity contribution in [2.45, 2.75) is 58.3 Å². The van der Waals surface area contributed by atoms with E-state index in [2.05, 4.69) is 13.5 Å². The molecule has 0 N–H and O–H groups in total. The number of carbonyl (C=O) groups excluding carboxylic acids is 1. The quantitative estimate of drug-likeness (QED) is 0.338. The SMILES string of the molecule is C=CC(=O)OCC1(CCCCCCC)CC1. The monoisotopic (exact) mass is 224 g/mol. The number of rotatable bonds is 9. The van der Waals surface area contributed by atoms with Crippen LogP contribution in [0.5, 0.6) is 0 Å². The molecule has 1 aliphatic carbocycles. The lowest BCUT2D eigenvalue weighted by Gasteiger charge is -2.14. The van der Waals surface area contributed by atoms with Gasteiger partial charge in [-0.1, -0.05) is 45.6 Å². The first-order chi connectivity index (χ1) is 7.72. The molecule has 1 saturated carbocycles. The van der Waals surface area contributed by atoms with Crippen LogP contribution in [0.1, 0.15) is 58.3 Å². The van der Waals surface area contributed by atoms with Crippen LogP contribution < -0.4 is 0 Å². The van der Waals surface area contributed by atoms with E-state index in [9.17, 15) is 4.79 Å². The van der Waals surface area contributed by atoms with Crippen molar-refractivity contribution in [3.05, 3.63) is 12.7 Å². The molecule has 0 aromatic heterocycles. The smallest absolute Gasteiger partial charge is 0.330 e. The zero-order valence-electron chi connectivity index (χ0n) is 10.5. The third-order valence-corrected chi connectivity index (χ3v) is 3.46. The lowest BCUT2D eigenvalue weighted by atomic mass is 9.98. The molecule has 0 unspecified atom stereocenters. The fourth-order valence-electron chi connectivity index (χ4n) is 2.03. The van der Waals surface area contributed by atoms with E-state index in [1.165, 1.54) is 57.4 Å². The average molecular weight is 224 g/mol. The summed E-state index contributed by atoms with van der Waals surface area (Å²) in [6, 6.07) is 0. The van der Waals surface area contributed by atoms with Gasteiger partial charge in [-0.05, 0) is 19.3 Å². The highest BCUT2D eigenvalue weighted by Gasteiger charge is 2.42. The molecule has 0 bridgehead atoms. The van der Waals surface area contributed by atoms with Crippen molar-refractivity contribution in [3.8, 4) is 0 Å². The van der Waals surface area contributed by atoms with E-state index >= 15 is 0 Å². The summed E-state index contributed by atoms with van der Waals surface area (Å²) >= 11 is 0. The van der Waals surface area contributed by atoms with Crippen LogP contribution in [0.25, 0.3) is 0 Å². The minimum atomic E-state index is -0.280. The van der Waals surface area contributed by atoms with Gasteiger partial charge in [0, 0.05) is 11.5 Å². The average Bonchev–Trinajstić information content (AvgIpc) is 3.06. The normalized spacial score (nSPS) is 16.8. The van der Waals surface area contributed by atoms with E-state index in [0.29, 0.717) is 12.0 Å². The zero-order chi connectivity index (χ0) is 11.9. The van der Waals surface area contributed by atoms with E-state index in [4.69, 9.17) is 4.74 Å². The Morgan fingerprint density at radius 3 is 2.56 bits per heavy atom. The van der Waals surface area contributed by atoms with Crippen LogP contribution in [0.4, 0.5) is 0 Å². The summed E-state index contributed by atoms with van der Waals surface area (Å²) in [5.41, 5.74) is 0.338. The summed E-state index contributed by atoms with van der Waals surface area (Å²) in [6.07, 6.45) is 11.5. The molecule has 0 saturated heterocycles. The molecule has 0 aliphatic heterocycles. The van der Waals surface area contributed by atoms with Gasteiger partial charge in [0.05, 0.1) is 6.61 Å². The van der Waals surface area contributed by atoms with Gasteiger partial charge < -0.3 is 4.74 Å². The second-order valence-electron chi connectivity index (χ2n) is 4.98. The zero-order valence-corrected chi connectivity index (χ0v) is 10.5. The summed E-state index contributed by atoms with van der Waals surface area (Å²) in [5.74, 6) is -0.280. The summed E-state index contributed by atoms with van der Waals surface area (Å²) in [5, 5.41) is 0. The van der Waals surface area contributed by atoms with Gasteiger partial charge in [0.15, 0.2) is 0 Å². The first kappa shape index (κ1) is 13.3. The summed E-state index contributed by atoms with van der Waals surface area (Å²) in [4.78, 5) is 11.0. The molecule has 1 fully saturated rings. The molecule has 0 spiro atoms. The topological polar surface area (TPSA) is 26.3 Å². The predicted molar refractivity (Wildman–Crippen MR) is 66.2 cm³/mol. The Bertz CT molecular complexity index is 229. The van der Waals surface area contributed by atoms with Crippen LogP contribution in [0, 0.1) is 5.41 Å². The number of unbranched alkanes of at least 4 members (excludes halogenated alkanes) is 4. The van der Waals surface area contributed by atoms with Gasteiger partial charge in [-0.2, -0.15) is 0 Å². The number of carbonyl (C=O) groups is 1. The third kappa shape index (κ3) is 4.82. The number of hydrogen-bond acceptors (Lipinski definition) is 2. The van der Waals surface area contributed by atoms with Crippen molar-refractivity contribution in [1.29, 1.82) is 0 Å². The van der Waals surface area contributed by atoms with Crippen molar-refractivity contribution >= 4 is 5.97 Å². The van der Waals surface area contributed by atoms with Gasteiger partial charge in [0.25, 0.3) is 0 Å². The fraction of sp³-hybridized carbons (Fsp3) is 0.786. The molecule has 0 aromatic carbocycles. The van der Waals surface area contributed by atoms with Gasteiger partial charge in [-0.3, -0.25) is 0 Å². The highest BCUT2D eigenvalue weighted by molar-refractivity contribution is 5.81. The molecule has 2 heteroatoms. The molecule has 0 aromatic rings. The Labute approximate surface area is 99.1 Å². The molecule has 1 rings (SSSR count). The second-order valence-corrected chi connectivity index (χ2v) is 4.98. The Kier molecular flexibility index (Phi) is 5.58. The molecular formula is C14H24O2. The standard InChI is InChI=1S/C14H24O2/c1-3-5-6-7-8-9-14(10-11-14)12-16-13(15)4-2/h4H,2-3,5-12H2,1H3. The van der Waals surface area contributed by atoms with Crippen molar-refractivity contribution in [2.24, 2.45) is 5.41 Å². The molecule has 2 nitrogen and oxygen atoms in total. The molecule has 0 atom stereocenters.